The van der Waals surface area contributed by atoms with E-state index in [1.807, 2.05) is 26.0 Å². The Kier molecular flexibility index (Phi) is 6.92. The maximum absolute atomic E-state index is 12.9. The zero-order valence-electron chi connectivity index (χ0n) is 21.4. The Bertz CT molecular complexity index is 1120. The van der Waals surface area contributed by atoms with Crippen LogP contribution < -0.4 is 23.7 Å². The minimum absolute atomic E-state index is 0.0432. The van der Waals surface area contributed by atoms with Crippen LogP contribution in [-0.4, -0.2) is 39.2 Å². The number of hydrogen-bond donors (Lipinski definition) is 1. The summed E-state index contributed by atoms with van der Waals surface area (Å²) in [6.45, 7) is 8.19. The van der Waals surface area contributed by atoms with Gasteiger partial charge in [-0.3, -0.25) is 4.79 Å². The van der Waals surface area contributed by atoms with Crippen molar-refractivity contribution < 1.29 is 38.3 Å². The summed E-state index contributed by atoms with van der Waals surface area (Å²) in [4.78, 5) is 12.9. The van der Waals surface area contributed by atoms with E-state index in [0.29, 0.717) is 52.5 Å². The van der Waals surface area contributed by atoms with Crippen LogP contribution in [0.4, 0.5) is 0 Å². The fourth-order valence-corrected chi connectivity index (χ4v) is 4.98. The molecule has 1 heterocycles. The van der Waals surface area contributed by atoms with E-state index in [0.717, 1.165) is 5.56 Å². The first-order valence-corrected chi connectivity index (χ1v) is 11.9. The molecule has 0 spiro atoms. The third-order valence-electron chi connectivity index (χ3n) is 6.89. The lowest BCUT2D eigenvalue weighted by Crippen LogP contribution is -2.27. The van der Waals surface area contributed by atoms with E-state index < -0.39 is 6.10 Å². The molecule has 2 aliphatic rings. The Labute approximate surface area is 206 Å². The van der Waals surface area contributed by atoms with Gasteiger partial charge in [-0.1, -0.05) is 27.7 Å². The number of methoxy groups -OCH3 is 3. The van der Waals surface area contributed by atoms with Gasteiger partial charge in [-0.2, -0.15) is 0 Å². The van der Waals surface area contributed by atoms with E-state index in [-0.39, 0.29) is 42.0 Å². The highest BCUT2D eigenvalue weighted by Gasteiger charge is 2.39. The average Bonchev–Trinajstić information content (AvgIpc) is 3.28. The standard InChI is InChI=1S/C27H34O8/c1-13(2)8-20(28)35-24-15(4)14(3)9-16-10-18(30-5)25(31-6)23(29)21(16)22-17(24)11-19-26(27(22)32-7)34-12-33-19/h10-11,13-15,24,29H,8-9,12H2,1-7H3. The minimum atomic E-state index is -0.588. The first-order valence-electron chi connectivity index (χ1n) is 11.9. The summed E-state index contributed by atoms with van der Waals surface area (Å²) in [5.74, 6) is 1.88. The van der Waals surface area contributed by atoms with Gasteiger partial charge >= 0.3 is 5.97 Å². The van der Waals surface area contributed by atoms with Gasteiger partial charge in [0.05, 0.1) is 21.3 Å². The summed E-state index contributed by atoms with van der Waals surface area (Å²) in [7, 11) is 4.56. The van der Waals surface area contributed by atoms with Gasteiger partial charge in [0.1, 0.15) is 6.10 Å². The normalized spacial score (nSPS) is 20.4. The molecule has 35 heavy (non-hydrogen) atoms. The Hall–Kier alpha value is -3.29. The van der Waals surface area contributed by atoms with Crippen LogP contribution in [0.2, 0.25) is 0 Å². The van der Waals surface area contributed by atoms with E-state index in [4.69, 9.17) is 28.4 Å². The van der Waals surface area contributed by atoms with Gasteiger partial charge in [0.2, 0.25) is 18.3 Å². The van der Waals surface area contributed by atoms with Crippen molar-refractivity contribution in [2.45, 2.75) is 46.6 Å². The molecule has 0 saturated carbocycles. The molecule has 3 unspecified atom stereocenters. The van der Waals surface area contributed by atoms with Gasteiger partial charge in [0.25, 0.3) is 0 Å². The summed E-state index contributed by atoms with van der Waals surface area (Å²) in [5.41, 5.74) is 2.68. The Morgan fingerprint density at radius 3 is 2.40 bits per heavy atom. The van der Waals surface area contributed by atoms with Crippen LogP contribution in [0.3, 0.4) is 0 Å². The van der Waals surface area contributed by atoms with Crippen LogP contribution in [0.1, 0.15) is 51.3 Å². The molecule has 0 radical (unpaired) electrons. The van der Waals surface area contributed by atoms with Crippen molar-refractivity contribution in [3.8, 4) is 45.6 Å². The lowest BCUT2D eigenvalue weighted by Gasteiger charge is -2.35. The lowest BCUT2D eigenvalue weighted by molar-refractivity contribution is -0.154. The molecule has 190 valence electrons. The molecule has 2 aromatic rings. The number of hydrogen-bond acceptors (Lipinski definition) is 8. The first kappa shape index (κ1) is 24.8. The van der Waals surface area contributed by atoms with Crippen LogP contribution in [0.25, 0.3) is 11.1 Å². The van der Waals surface area contributed by atoms with Gasteiger partial charge in [0, 0.05) is 29.0 Å². The second kappa shape index (κ2) is 9.76. The van der Waals surface area contributed by atoms with Crippen LogP contribution in [0.15, 0.2) is 12.1 Å². The molecule has 2 aromatic carbocycles. The van der Waals surface area contributed by atoms with Gasteiger partial charge in [-0.05, 0) is 36.0 Å². The number of rotatable bonds is 6. The predicted molar refractivity (Wildman–Crippen MR) is 130 cm³/mol. The van der Waals surface area contributed by atoms with Crippen molar-refractivity contribution in [2.75, 3.05) is 28.1 Å². The fourth-order valence-electron chi connectivity index (χ4n) is 4.98. The summed E-state index contributed by atoms with van der Waals surface area (Å²) in [6, 6.07) is 3.72. The van der Waals surface area contributed by atoms with Crippen molar-refractivity contribution in [2.24, 2.45) is 17.8 Å². The summed E-state index contributed by atoms with van der Waals surface area (Å²) < 4.78 is 34.5. The summed E-state index contributed by atoms with van der Waals surface area (Å²) in [6.07, 6.45) is 0.330. The van der Waals surface area contributed by atoms with Gasteiger partial charge in [0.15, 0.2) is 23.0 Å². The SMILES string of the molecule is COc1cc2c(c(O)c1OC)-c1c(cc3c(c1OC)OCO3)C(OC(=O)CC(C)C)C(C)C(C)C2. The van der Waals surface area contributed by atoms with Crippen LogP contribution in [0, 0.1) is 17.8 Å². The zero-order chi connectivity index (χ0) is 25.4. The number of ether oxygens (including phenoxy) is 6. The monoisotopic (exact) mass is 486 g/mol. The molecule has 0 fully saturated rings. The van der Waals surface area contributed by atoms with Crippen LogP contribution in [0.5, 0.6) is 34.5 Å². The molecular weight excluding hydrogens is 452 g/mol. The topological polar surface area (TPSA) is 92.7 Å². The van der Waals surface area contributed by atoms with Crippen molar-refractivity contribution in [3.63, 3.8) is 0 Å². The van der Waals surface area contributed by atoms with Crippen molar-refractivity contribution in [3.05, 3.63) is 23.3 Å². The van der Waals surface area contributed by atoms with Gasteiger partial charge in [-0.25, -0.2) is 0 Å². The van der Waals surface area contributed by atoms with Gasteiger partial charge < -0.3 is 33.5 Å². The second-order valence-corrected chi connectivity index (χ2v) is 9.65. The van der Waals surface area contributed by atoms with E-state index in [2.05, 4.69) is 13.8 Å². The number of esters is 1. The Balaban J connectivity index is 2.05. The van der Waals surface area contributed by atoms with Crippen LogP contribution >= 0.6 is 0 Å². The number of aromatic hydroxyl groups is 1. The van der Waals surface area contributed by atoms with Crippen molar-refractivity contribution in [1.82, 2.24) is 0 Å². The maximum Gasteiger partial charge on any atom is 0.306 e. The predicted octanol–water partition coefficient (Wildman–Crippen LogP) is 5.27. The second-order valence-electron chi connectivity index (χ2n) is 9.65. The minimum Gasteiger partial charge on any atom is -0.504 e. The van der Waals surface area contributed by atoms with E-state index in [9.17, 15) is 9.90 Å². The molecule has 0 saturated heterocycles. The number of carbonyl (C=O) groups excluding carboxylic acids is 1. The van der Waals surface area contributed by atoms with Gasteiger partial charge in [-0.15, -0.1) is 0 Å². The summed E-state index contributed by atoms with van der Waals surface area (Å²) >= 11 is 0. The average molecular weight is 487 g/mol. The molecule has 3 atom stereocenters. The highest BCUT2D eigenvalue weighted by molar-refractivity contribution is 5.88. The quantitative estimate of drug-likeness (QED) is 0.552. The van der Waals surface area contributed by atoms with Crippen molar-refractivity contribution in [1.29, 1.82) is 0 Å². The maximum atomic E-state index is 12.9. The van der Waals surface area contributed by atoms with E-state index in [1.165, 1.54) is 14.2 Å². The first-order chi connectivity index (χ1) is 16.7. The Morgan fingerprint density at radius 1 is 1.06 bits per heavy atom. The van der Waals surface area contributed by atoms with E-state index in [1.54, 1.807) is 7.11 Å². The molecule has 8 nitrogen and oxygen atoms in total. The molecule has 1 aliphatic heterocycles. The smallest absolute Gasteiger partial charge is 0.306 e. The molecule has 8 heteroatoms. The molecule has 0 amide bonds. The van der Waals surface area contributed by atoms with Crippen LogP contribution in [-0.2, 0) is 16.0 Å². The highest BCUT2D eigenvalue weighted by Crippen LogP contribution is 2.58. The lowest BCUT2D eigenvalue weighted by atomic mass is 9.76. The number of phenols is 1. The molecule has 1 N–H and O–H groups in total. The number of fused-ring (bicyclic) bond motifs is 4. The molecular formula is C27H34O8. The van der Waals surface area contributed by atoms with E-state index >= 15 is 0 Å². The summed E-state index contributed by atoms with van der Waals surface area (Å²) in [5, 5.41) is 11.5. The zero-order valence-corrected chi connectivity index (χ0v) is 21.4. The third kappa shape index (κ3) is 4.30. The fraction of sp³-hybridized carbons (Fsp3) is 0.519. The highest BCUT2D eigenvalue weighted by atomic mass is 16.7. The Morgan fingerprint density at radius 2 is 1.77 bits per heavy atom. The number of carbonyl (C=O) groups is 1. The molecule has 0 bridgehead atoms. The molecule has 0 aromatic heterocycles. The third-order valence-corrected chi connectivity index (χ3v) is 6.89. The molecule has 4 rings (SSSR count). The number of phenolic OH excluding ortho intramolecular Hbond substituents is 1. The molecule has 1 aliphatic carbocycles. The van der Waals surface area contributed by atoms with Crippen molar-refractivity contribution >= 4 is 5.97 Å². The number of benzene rings is 2. The largest absolute Gasteiger partial charge is 0.504 e.